The van der Waals surface area contributed by atoms with Gasteiger partial charge in [-0.05, 0) is 0 Å². The van der Waals surface area contributed by atoms with E-state index >= 15 is 0 Å². The van der Waals surface area contributed by atoms with Crippen LogP contribution in [0, 0.1) is 28.6 Å². The van der Waals surface area contributed by atoms with E-state index in [2.05, 4.69) is 4.98 Å². The zero-order valence-corrected chi connectivity index (χ0v) is 9.19. The minimum atomic E-state index is -5.43. The van der Waals surface area contributed by atoms with Crippen molar-refractivity contribution in [2.45, 2.75) is 18.8 Å². The fourth-order valence-corrected chi connectivity index (χ4v) is 1.46. The smallest absolute Gasteiger partial charge is 0.213 e. The molecule has 0 unspecified atom stereocenters. The molecule has 0 amide bonds. The average Bonchev–Trinajstić information content (AvgIpc) is 2.28. The van der Waals surface area contributed by atoms with Crippen molar-refractivity contribution in [2.75, 3.05) is 0 Å². The summed E-state index contributed by atoms with van der Waals surface area (Å²) in [7, 11) is 0. The van der Waals surface area contributed by atoms with Gasteiger partial charge in [0.05, 0.1) is 23.6 Å². The van der Waals surface area contributed by atoms with Crippen LogP contribution in [0.4, 0.5) is 30.7 Å². The second kappa shape index (κ2) is 4.96. The topological polar surface area (TPSA) is 60.5 Å². The van der Waals surface area contributed by atoms with Gasteiger partial charge in [-0.15, -0.1) is 0 Å². The van der Waals surface area contributed by atoms with Gasteiger partial charge in [0.15, 0.2) is 5.69 Å². The molecular formula is C10H2F7N3. The third-order valence-electron chi connectivity index (χ3n) is 2.17. The fourth-order valence-electron chi connectivity index (χ4n) is 1.46. The van der Waals surface area contributed by atoms with Crippen LogP contribution in [-0.2, 0) is 18.8 Å². The summed E-state index contributed by atoms with van der Waals surface area (Å²) in [5.41, 5.74) is -7.63. The van der Waals surface area contributed by atoms with Crippen LogP contribution in [0.3, 0.4) is 0 Å². The monoisotopic (exact) mass is 297 g/mol. The SMILES string of the molecule is N#CCc1c(F)nc(C(F)(F)F)c(C#N)c1C(F)(F)F. The lowest BCUT2D eigenvalue weighted by molar-refractivity contribution is -0.146. The maximum Gasteiger partial charge on any atom is 0.434 e. The van der Waals surface area contributed by atoms with Gasteiger partial charge in [-0.2, -0.15) is 41.3 Å². The van der Waals surface area contributed by atoms with E-state index in [0.717, 1.165) is 6.07 Å². The number of nitriles is 2. The van der Waals surface area contributed by atoms with E-state index in [1.54, 1.807) is 0 Å². The van der Waals surface area contributed by atoms with Crippen molar-refractivity contribution >= 4 is 0 Å². The Labute approximate surface area is 106 Å². The zero-order chi connectivity index (χ0) is 15.7. The number of pyridine rings is 1. The molecule has 0 aromatic carbocycles. The predicted molar refractivity (Wildman–Crippen MR) is 48.2 cm³/mol. The highest BCUT2D eigenvalue weighted by Crippen LogP contribution is 2.40. The van der Waals surface area contributed by atoms with Crippen LogP contribution in [0.5, 0.6) is 0 Å². The normalized spacial score (nSPS) is 11.8. The van der Waals surface area contributed by atoms with Crippen molar-refractivity contribution in [3.63, 3.8) is 0 Å². The molecule has 1 heterocycles. The van der Waals surface area contributed by atoms with Crippen LogP contribution in [0.2, 0.25) is 0 Å². The van der Waals surface area contributed by atoms with Gasteiger partial charge in [-0.25, -0.2) is 4.98 Å². The van der Waals surface area contributed by atoms with Crippen molar-refractivity contribution in [1.29, 1.82) is 10.5 Å². The third-order valence-corrected chi connectivity index (χ3v) is 2.17. The Morgan fingerprint density at radius 1 is 1.00 bits per heavy atom. The molecule has 0 radical (unpaired) electrons. The van der Waals surface area contributed by atoms with Crippen molar-refractivity contribution in [1.82, 2.24) is 4.98 Å². The summed E-state index contributed by atoms with van der Waals surface area (Å²) >= 11 is 0. The van der Waals surface area contributed by atoms with Crippen molar-refractivity contribution in [3.05, 3.63) is 28.3 Å². The highest BCUT2D eigenvalue weighted by Gasteiger charge is 2.45. The summed E-state index contributed by atoms with van der Waals surface area (Å²) in [6.45, 7) is 0. The van der Waals surface area contributed by atoms with Crippen molar-refractivity contribution in [3.8, 4) is 12.1 Å². The van der Waals surface area contributed by atoms with E-state index < -0.39 is 47.1 Å². The Kier molecular flexibility index (Phi) is 3.89. The molecule has 0 bridgehead atoms. The molecule has 106 valence electrons. The molecule has 0 N–H and O–H groups in total. The minimum absolute atomic E-state index is 0.725. The fraction of sp³-hybridized carbons (Fsp3) is 0.300. The van der Waals surface area contributed by atoms with Gasteiger partial charge in [0.1, 0.15) is 6.07 Å². The Balaban J connectivity index is 3.89. The molecule has 10 heteroatoms. The Morgan fingerprint density at radius 3 is 1.90 bits per heavy atom. The van der Waals surface area contributed by atoms with Gasteiger partial charge >= 0.3 is 12.4 Å². The molecule has 1 aromatic rings. The van der Waals surface area contributed by atoms with E-state index in [1.807, 2.05) is 0 Å². The number of hydrogen-bond acceptors (Lipinski definition) is 3. The molecule has 1 aromatic heterocycles. The van der Waals surface area contributed by atoms with Gasteiger partial charge < -0.3 is 0 Å². The average molecular weight is 297 g/mol. The molecule has 0 spiro atoms. The molecule has 20 heavy (non-hydrogen) atoms. The summed E-state index contributed by atoms with van der Waals surface area (Å²) in [6.07, 6.45) is -12.0. The lowest BCUT2D eigenvalue weighted by Crippen LogP contribution is -2.21. The highest BCUT2D eigenvalue weighted by molar-refractivity contribution is 5.48. The molecule has 0 saturated heterocycles. The number of hydrogen-bond donors (Lipinski definition) is 0. The number of aromatic nitrogens is 1. The molecular weight excluding hydrogens is 295 g/mol. The molecule has 0 aliphatic heterocycles. The first-order valence-electron chi connectivity index (χ1n) is 4.67. The van der Waals surface area contributed by atoms with Crippen LogP contribution in [0.15, 0.2) is 0 Å². The standard InChI is InChI=1S/C10H2F7N3/c11-8-4(1-2-18)6(9(12,13)14)5(3-19)7(20-8)10(15,16)17/h1H2. The molecule has 0 aliphatic rings. The predicted octanol–water partition coefficient (Wildman–Crippen LogP) is 3.20. The number of halogens is 7. The number of alkyl halides is 6. The van der Waals surface area contributed by atoms with Crippen LogP contribution in [-0.4, -0.2) is 4.98 Å². The van der Waals surface area contributed by atoms with E-state index in [-0.39, 0.29) is 0 Å². The van der Waals surface area contributed by atoms with Gasteiger partial charge in [0.2, 0.25) is 5.95 Å². The molecule has 3 nitrogen and oxygen atoms in total. The first kappa shape index (κ1) is 15.7. The maximum atomic E-state index is 13.3. The Bertz CT molecular complexity index is 616. The quantitative estimate of drug-likeness (QED) is 0.590. The van der Waals surface area contributed by atoms with Crippen molar-refractivity contribution in [2.24, 2.45) is 0 Å². The van der Waals surface area contributed by atoms with E-state index in [1.165, 1.54) is 6.07 Å². The van der Waals surface area contributed by atoms with Gasteiger partial charge in [0, 0.05) is 5.56 Å². The summed E-state index contributed by atoms with van der Waals surface area (Å²) in [5.74, 6) is -2.08. The summed E-state index contributed by atoms with van der Waals surface area (Å²) < 4.78 is 89.0. The van der Waals surface area contributed by atoms with Crippen LogP contribution < -0.4 is 0 Å². The maximum absolute atomic E-state index is 13.3. The van der Waals surface area contributed by atoms with Crippen LogP contribution >= 0.6 is 0 Å². The molecule has 0 saturated carbocycles. The second-order valence-electron chi connectivity index (χ2n) is 3.42. The van der Waals surface area contributed by atoms with Crippen LogP contribution in [0.1, 0.15) is 22.4 Å². The highest BCUT2D eigenvalue weighted by atomic mass is 19.4. The van der Waals surface area contributed by atoms with E-state index in [0.29, 0.717) is 0 Å². The Hall–Kier alpha value is -2.36. The van der Waals surface area contributed by atoms with Gasteiger partial charge in [0.25, 0.3) is 0 Å². The first-order chi connectivity index (χ1) is 9.04. The molecule has 1 rings (SSSR count). The number of nitrogens with zero attached hydrogens (tertiary/aromatic N) is 3. The lowest BCUT2D eigenvalue weighted by atomic mass is 9.99. The lowest BCUT2D eigenvalue weighted by Gasteiger charge is -2.17. The van der Waals surface area contributed by atoms with E-state index in [9.17, 15) is 30.7 Å². The van der Waals surface area contributed by atoms with E-state index in [4.69, 9.17) is 10.5 Å². The first-order valence-corrected chi connectivity index (χ1v) is 4.67. The second-order valence-corrected chi connectivity index (χ2v) is 3.42. The summed E-state index contributed by atoms with van der Waals surface area (Å²) in [5, 5.41) is 16.8. The summed E-state index contributed by atoms with van der Waals surface area (Å²) in [4.78, 5) is 2.34. The summed E-state index contributed by atoms with van der Waals surface area (Å²) in [6, 6.07) is 1.90. The van der Waals surface area contributed by atoms with Gasteiger partial charge in [-0.3, -0.25) is 0 Å². The number of rotatable bonds is 1. The zero-order valence-electron chi connectivity index (χ0n) is 9.19. The molecule has 0 atom stereocenters. The van der Waals surface area contributed by atoms with Crippen LogP contribution in [0.25, 0.3) is 0 Å². The van der Waals surface area contributed by atoms with Crippen molar-refractivity contribution < 1.29 is 30.7 Å². The molecule has 0 aliphatic carbocycles. The molecule has 0 fully saturated rings. The largest absolute Gasteiger partial charge is 0.434 e. The Morgan fingerprint density at radius 2 is 1.55 bits per heavy atom. The third kappa shape index (κ3) is 2.79. The minimum Gasteiger partial charge on any atom is -0.213 e. The van der Waals surface area contributed by atoms with Gasteiger partial charge in [-0.1, -0.05) is 0 Å².